The second-order valence-electron chi connectivity index (χ2n) is 5.82. The zero-order chi connectivity index (χ0) is 19.5. The van der Waals surface area contributed by atoms with Crippen molar-refractivity contribution in [2.24, 2.45) is 0 Å². The molecule has 0 bridgehead atoms. The van der Waals surface area contributed by atoms with Gasteiger partial charge in [-0.25, -0.2) is 9.59 Å². The fourth-order valence-corrected chi connectivity index (χ4v) is 1.67. The zero-order valence-corrected chi connectivity index (χ0v) is 15.9. The number of carboxylic acid groups (broad SMARTS) is 2. The average Bonchev–Trinajstić information content (AvgIpc) is 2.49. The van der Waals surface area contributed by atoms with Gasteiger partial charge in [0.05, 0.1) is 23.3 Å². The van der Waals surface area contributed by atoms with E-state index in [2.05, 4.69) is 26.1 Å². The molecule has 1 rings (SSSR count). The van der Waals surface area contributed by atoms with Gasteiger partial charge in [0, 0.05) is 18.2 Å². The topological polar surface area (TPSA) is 105 Å². The van der Waals surface area contributed by atoms with Crippen LogP contribution < -0.4 is 10.1 Å². The lowest BCUT2D eigenvalue weighted by Crippen LogP contribution is -2.38. The first kappa shape index (κ1) is 23.5. The van der Waals surface area contributed by atoms with Crippen molar-refractivity contribution in [3.8, 4) is 5.75 Å². The molecule has 0 heterocycles. The maximum Gasteiger partial charge on any atom is 0.414 e. The van der Waals surface area contributed by atoms with E-state index < -0.39 is 11.9 Å². The summed E-state index contributed by atoms with van der Waals surface area (Å²) in [6, 6.07) is 5.20. The lowest BCUT2D eigenvalue weighted by Gasteiger charge is -2.20. The highest BCUT2D eigenvalue weighted by Gasteiger charge is 2.07. The Kier molecular flexibility index (Phi) is 11.2. The number of carboxylic acids is 2. The van der Waals surface area contributed by atoms with E-state index in [0.29, 0.717) is 35.6 Å². The zero-order valence-electron chi connectivity index (χ0n) is 14.3. The van der Waals surface area contributed by atoms with Crippen LogP contribution in [0.15, 0.2) is 18.2 Å². The summed E-state index contributed by atoms with van der Waals surface area (Å²) in [6.07, 6.45) is 0. The van der Waals surface area contributed by atoms with Crippen LogP contribution in [-0.2, 0) is 14.3 Å². The monoisotopic (exact) mass is 395 g/mol. The van der Waals surface area contributed by atoms with Crippen LogP contribution in [0.1, 0.15) is 20.8 Å². The van der Waals surface area contributed by atoms with Gasteiger partial charge < -0.3 is 25.0 Å². The molecule has 0 unspecified atom stereocenters. The smallest absolute Gasteiger partial charge is 0.414 e. The molecule has 0 aliphatic heterocycles. The fourth-order valence-electron chi connectivity index (χ4n) is 1.39. The van der Waals surface area contributed by atoms with Crippen molar-refractivity contribution >= 4 is 35.1 Å². The van der Waals surface area contributed by atoms with Gasteiger partial charge in [0.15, 0.2) is 0 Å². The Bertz CT molecular complexity index is 548. The van der Waals surface area contributed by atoms with Crippen LogP contribution >= 0.6 is 23.2 Å². The molecule has 0 amide bonds. The Labute approximate surface area is 156 Å². The molecule has 0 radical (unpaired) electrons. The Morgan fingerprint density at radius 1 is 1.04 bits per heavy atom. The summed E-state index contributed by atoms with van der Waals surface area (Å²) in [4.78, 5) is 18.2. The summed E-state index contributed by atoms with van der Waals surface area (Å²) < 4.78 is 11.0. The van der Waals surface area contributed by atoms with Crippen molar-refractivity contribution in [2.45, 2.75) is 26.3 Å². The quantitative estimate of drug-likeness (QED) is 0.481. The summed E-state index contributed by atoms with van der Waals surface area (Å²) >= 11 is 11.7. The standard InChI is InChI=1S/C14H21Cl2NO2.C2H2O4/c1-14(2,3)17-6-7-18-8-9-19-11-4-5-12(15)13(16)10-11;3-1(4)2(5)6/h4-5,10,17H,6-9H2,1-3H3;(H,3,4)(H,5,6). The van der Waals surface area contributed by atoms with Crippen molar-refractivity contribution in [3.63, 3.8) is 0 Å². The van der Waals surface area contributed by atoms with Gasteiger partial charge in [-0.2, -0.15) is 0 Å². The van der Waals surface area contributed by atoms with Gasteiger partial charge in [-0.1, -0.05) is 23.2 Å². The first-order valence-electron chi connectivity index (χ1n) is 7.40. The highest BCUT2D eigenvalue weighted by atomic mass is 35.5. The summed E-state index contributed by atoms with van der Waals surface area (Å²) in [5.74, 6) is -2.95. The lowest BCUT2D eigenvalue weighted by molar-refractivity contribution is -0.159. The van der Waals surface area contributed by atoms with Crippen LogP contribution in [0.2, 0.25) is 10.0 Å². The SMILES string of the molecule is CC(C)(C)NCCOCCOc1ccc(Cl)c(Cl)c1.O=C(O)C(=O)O. The molecule has 0 aromatic heterocycles. The van der Waals surface area contributed by atoms with E-state index in [1.165, 1.54) is 0 Å². The Balaban J connectivity index is 0.000000823. The molecule has 7 nitrogen and oxygen atoms in total. The highest BCUT2D eigenvalue weighted by molar-refractivity contribution is 6.42. The van der Waals surface area contributed by atoms with Crippen LogP contribution in [0.5, 0.6) is 5.75 Å². The molecule has 142 valence electrons. The number of halogens is 2. The van der Waals surface area contributed by atoms with Crippen LogP contribution in [0, 0.1) is 0 Å². The molecule has 25 heavy (non-hydrogen) atoms. The minimum Gasteiger partial charge on any atom is -0.491 e. The number of rotatable bonds is 7. The second kappa shape index (κ2) is 11.9. The number of benzene rings is 1. The fraction of sp³-hybridized carbons (Fsp3) is 0.500. The Morgan fingerprint density at radius 3 is 2.12 bits per heavy atom. The second-order valence-corrected chi connectivity index (χ2v) is 6.64. The van der Waals surface area contributed by atoms with E-state index in [9.17, 15) is 0 Å². The van der Waals surface area contributed by atoms with Gasteiger partial charge >= 0.3 is 11.9 Å². The van der Waals surface area contributed by atoms with Crippen molar-refractivity contribution < 1.29 is 29.3 Å². The predicted octanol–water partition coefficient (Wildman–Crippen LogP) is 2.93. The van der Waals surface area contributed by atoms with Gasteiger partial charge in [0.2, 0.25) is 0 Å². The van der Waals surface area contributed by atoms with Crippen molar-refractivity contribution in [1.29, 1.82) is 0 Å². The summed E-state index contributed by atoms with van der Waals surface area (Å²) in [5.41, 5.74) is 0.125. The lowest BCUT2D eigenvalue weighted by atomic mass is 10.1. The molecule has 1 aromatic rings. The maximum absolute atomic E-state index is 9.10. The molecule has 0 aliphatic rings. The van der Waals surface area contributed by atoms with E-state index in [0.717, 1.165) is 6.54 Å². The van der Waals surface area contributed by atoms with E-state index in [4.69, 9.17) is 52.5 Å². The molecular weight excluding hydrogens is 373 g/mol. The summed E-state index contributed by atoms with van der Waals surface area (Å²) in [7, 11) is 0. The molecule has 0 atom stereocenters. The molecule has 0 saturated carbocycles. The highest BCUT2D eigenvalue weighted by Crippen LogP contribution is 2.26. The van der Waals surface area contributed by atoms with Gasteiger partial charge in [-0.3, -0.25) is 0 Å². The van der Waals surface area contributed by atoms with Gasteiger partial charge in [0.25, 0.3) is 0 Å². The van der Waals surface area contributed by atoms with E-state index in [1.807, 2.05) is 0 Å². The minimum absolute atomic E-state index is 0.125. The van der Waals surface area contributed by atoms with Crippen molar-refractivity contribution in [1.82, 2.24) is 5.32 Å². The van der Waals surface area contributed by atoms with Gasteiger partial charge in [0.1, 0.15) is 12.4 Å². The third-order valence-electron chi connectivity index (χ3n) is 2.47. The molecule has 1 aromatic carbocycles. The summed E-state index contributed by atoms with van der Waals surface area (Å²) in [5, 5.41) is 19.1. The van der Waals surface area contributed by atoms with Crippen LogP contribution in [0.4, 0.5) is 0 Å². The number of aliphatic carboxylic acids is 2. The molecular formula is C16H23Cl2NO6. The number of carbonyl (C=O) groups is 2. The number of hydrogen-bond donors (Lipinski definition) is 3. The Morgan fingerprint density at radius 2 is 1.64 bits per heavy atom. The first-order chi connectivity index (χ1) is 11.5. The molecule has 0 fully saturated rings. The van der Waals surface area contributed by atoms with Gasteiger partial charge in [-0.15, -0.1) is 0 Å². The van der Waals surface area contributed by atoms with E-state index in [1.54, 1.807) is 18.2 Å². The number of hydrogen-bond acceptors (Lipinski definition) is 5. The van der Waals surface area contributed by atoms with Crippen LogP contribution in [0.25, 0.3) is 0 Å². The predicted molar refractivity (Wildman–Crippen MR) is 95.8 cm³/mol. The average molecular weight is 396 g/mol. The molecule has 0 spiro atoms. The van der Waals surface area contributed by atoms with Crippen molar-refractivity contribution in [2.75, 3.05) is 26.4 Å². The number of ether oxygens (including phenoxy) is 2. The van der Waals surface area contributed by atoms with Crippen molar-refractivity contribution in [3.05, 3.63) is 28.2 Å². The largest absolute Gasteiger partial charge is 0.491 e. The van der Waals surface area contributed by atoms with Crippen LogP contribution in [0.3, 0.4) is 0 Å². The third-order valence-corrected chi connectivity index (χ3v) is 3.21. The summed E-state index contributed by atoms with van der Waals surface area (Å²) in [6.45, 7) is 8.92. The number of nitrogens with one attached hydrogen (secondary N) is 1. The van der Waals surface area contributed by atoms with E-state index in [-0.39, 0.29) is 5.54 Å². The first-order valence-corrected chi connectivity index (χ1v) is 8.15. The van der Waals surface area contributed by atoms with E-state index >= 15 is 0 Å². The molecule has 3 N–H and O–H groups in total. The molecule has 0 saturated heterocycles. The van der Waals surface area contributed by atoms with Gasteiger partial charge in [-0.05, 0) is 32.9 Å². The third kappa shape index (κ3) is 13.4. The molecule has 0 aliphatic carbocycles. The Hall–Kier alpha value is -1.54. The normalized spacial score (nSPS) is 10.6. The maximum atomic E-state index is 9.10. The molecule has 9 heteroatoms. The minimum atomic E-state index is -1.82. The van der Waals surface area contributed by atoms with Crippen LogP contribution in [-0.4, -0.2) is 54.1 Å².